The predicted molar refractivity (Wildman–Crippen MR) is 394 cm³/mol. The lowest BCUT2D eigenvalue weighted by Crippen LogP contribution is -2.26. The van der Waals surface area contributed by atoms with E-state index in [1.807, 2.05) is 65.2 Å². The first kappa shape index (κ1) is 53.5. The molecule has 0 amide bonds. The Hall–Kier alpha value is -13.2. The second-order valence-corrected chi connectivity index (χ2v) is 24.8. The molecule has 10 heteroatoms. The average molecular weight is 1230 g/mol. The minimum absolute atomic E-state index is 0.382. The van der Waals surface area contributed by atoms with Crippen molar-refractivity contribution in [3.63, 3.8) is 0 Å². The molecule has 13 aromatic carbocycles. The van der Waals surface area contributed by atoms with Crippen molar-refractivity contribution in [2.45, 2.75) is 0 Å². The van der Waals surface area contributed by atoms with Crippen molar-refractivity contribution in [2.24, 2.45) is 4.99 Å². The van der Waals surface area contributed by atoms with Gasteiger partial charge in [0, 0.05) is 93.4 Å². The summed E-state index contributed by atoms with van der Waals surface area (Å²) in [5.74, 6) is 1.47. The molecular formula is C86H53N9O. The molecule has 0 radical (unpaired) electrons. The molecule has 20 rings (SSSR count). The van der Waals surface area contributed by atoms with E-state index < -0.39 is 0 Å². The maximum atomic E-state index is 9.45. The van der Waals surface area contributed by atoms with Crippen LogP contribution in [0.3, 0.4) is 0 Å². The van der Waals surface area contributed by atoms with Crippen molar-refractivity contribution in [2.75, 3.05) is 0 Å². The van der Waals surface area contributed by atoms with Gasteiger partial charge in [-0.25, -0.2) is 14.5 Å². The fourth-order valence-corrected chi connectivity index (χ4v) is 14.9. The minimum atomic E-state index is 0.382. The molecular weight excluding hydrogens is 1180 g/mol. The zero-order valence-electron chi connectivity index (χ0n) is 51.5. The van der Waals surface area contributed by atoms with Crippen molar-refractivity contribution in [1.29, 1.82) is 5.41 Å². The highest BCUT2D eigenvalue weighted by atomic mass is 16.3. The highest BCUT2D eigenvalue weighted by Crippen LogP contribution is 2.45. The van der Waals surface area contributed by atoms with E-state index in [4.69, 9.17) is 19.5 Å². The van der Waals surface area contributed by atoms with E-state index in [0.29, 0.717) is 11.5 Å². The van der Waals surface area contributed by atoms with Gasteiger partial charge in [-0.1, -0.05) is 176 Å². The Morgan fingerprint density at radius 2 is 0.896 bits per heavy atom. The topological polar surface area (TPSA) is 106 Å². The third-order valence-corrected chi connectivity index (χ3v) is 19.4. The van der Waals surface area contributed by atoms with Gasteiger partial charge in [0.2, 0.25) is 0 Å². The molecule has 1 aliphatic rings. The molecule has 7 heterocycles. The number of fused-ring (bicyclic) bond motifs is 16. The monoisotopic (exact) mass is 1230 g/mol. The van der Waals surface area contributed by atoms with Crippen LogP contribution in [0.5, 0.6) is 0 Å². The van der Waals surface area contributed by atoms with Crippen molar-refractivity contribution in [3.05, 3.63) is 326 Å². The third kappa shape index (κ3) is 8.25. The second kappa shape index (κ2) is 20.9. The van der Waals surface area contributed by atoms with Gasteiger partial charge in [0.05, 0.1) is 66.9 Å². The lowest BCUT2D eigenvalue weighted by atomic mass is 9.96. The van der Waals surface area contributed by atoms with Crippen LogP contribution in [0.2, 0.25) is 0 Å². The van der Waals surface area contributed by atoms with Crippen LogP contribution in [0.4, 0.5) is 5.69 Å². The molecule has 0 aliphatic carbocycles. The SMILES string of the molecule is N=C(C=C1NC(c2ccc(-n3c4ccccc4c4cc5c(cc43)c3ccccc3n5-c3ccccc3)cc2)=Nc2ccc(-c3cccc4c3oc3cc5c6ccccc6n(-c6ccc(-c7nc8ccccc8c8cc(-c9ccccc9)nn78)cc6)c5cc34)cc21)c1ccccc1. The van der Waals surface area contributed by atoms with E-state index in [1.54, 1.807) is 0 Å². The molecule has 19 aromatic rings. The van der Waals surface area contributed by atoms with Gasteiger partial charge in [0.1, 0.15) is 17.0 Å². The quantitative estimate of drug-likeness (QED) is 0.140. The molecule has 2 N–H and O–H groups in total. The summed E-state index contributed by atoms with van der Waals surface area (Å²) in [4.78, 5) is 10.6. The van der Waals surface area contributed by atoms with Crippen molar-refractivity contribution >= 4 is 127 Å². The number of hydrogen-bond donors (Lipinski definition) is 2. The summed E-state index contributed by atoms with van der Waals surface area (Å²) >= 11 is 0. The highest BCUT2D eigenvalue weighted by molar-refractivity contribution is 6.21. The van der Waals surface area contributed by atoms with Crippen LogP contribution in [0, 0.1) is 5.41 Å². The standard InChI is InChI=1S/C86H53N9O/c87-71(52-19-4-1-5-20-52)50-75-70-45-56(39-44-73(70)88-85(89-75)54-35-40-58(41-36-54)93-77-33-16-12-26-62(77)67-46-79-66(47-80(67)93)61-25-11-15-32-76(61)92(79)57-23-8-3-9-24-57)60-29-18-30-64-69-48-81-68(49-83(69)96-84(60)64)63-27-13-17-34-78(63)94(81)59-42-37-55(38-43-59)86-90-72-31-14-10-28-65(72)82-51-74(91-95(82)86)53-21-6-2-7-22-53/h1-51,87H,(H,88,89). The van der Waals surface area contributed by atoms with Crippen LogP contribution in [0.25, 0.3) is 160 Å². The molecule has 0 bridgehead atoms. The Morgan fingerprint density at radius 3 is 1.54 bits per heavy atom. The molecule has 0 unspecified atom stereocenters. The Kier molecular flexibility index (Phi) is 11.7. The molecule has 1 aliphatic heterocycles. The largest absolute Gasteiger partial charge is 0.455 e. The number of allylic oxidation sites excluding steroid dienone is 1. The summed E-state index contributed by atoms with van der Waals surface area (Å²) in [5, 5.41) is 28.5. The summed E-state index contributed by atoms with van der Waals surface area (Å²) in [6, 6.07) is 107. The third-order valence-electron chi connectivity index (χ3n) is 19.4. The lowest BCUT2D eigenvalue weighted by molar-refractivity contribution is 0.670. The van der Waals surface area contributed by atoms with Crippen LogP contribution >= 0.6 is 0 Å². The van der Waals surface area contributed by atoms with Crippen molar-refractivity contribution in [3.8, 4) is 50.8 Å². The fraction of sp³-hybridized carbons (Fsp3) is 0. The molecule has 0 saturated heterocycles. The van der Waals surface area contributed by atoms with Gasteiger partial charge < -0.3 is 28.8 Å². The summed E-state index contributed by atoms with van der Waals surface area (Å²) in [6.45, 7) is 0. The first-order valence-electron chi connectivity index (χ1n) is 32.3. The van der Waals surface area contributed by atoms with Gasteiger partial charge in [0.25, 0.3) is 0 Å². The minimum Gasteiger partial charge on any atom is -0.455 e. The number of para-hydroxylation sites is 6. The van der Waals surface area contributed by atoms with E-state index in [9.17, 15) is 5.41 Å². The highest BCUT2D eigenvalue weighted by Gasteiger charge is 2.25. The Morgan fingerprint density at radius 1 is 0.375 bits per heavy atom. The number of hydrogen-bond acceptors (Lipinski definition) is 6. The molecule has 6 aromatic heterocycles. The van der Waals surface area contributed by atoms with Crippen LogP contribution < -0.4 is 5.32 Å². The number of benzene rings is 13. The molecule has 0 saturated carbocycles. The smallest absolute Gasteiger partial charge is 0.161 e. The van der Waals surface area contributed by atoms with Gasteiger partial charge in [-0.3, -0.25) is 0 Å². The first-order chi connectivity index (χ1) is 47.5. The maximum absolute atomic E-state index is 9.45. The summed E-state index contributed by atoms with van der Waals surface area (Å²) in [5.41, 5.74) is 23.0. The van der Waals surface area contributed by atoms with Gasteiger partial charge in [-0.2, -0.15) is 5.10 Å². The number of rotatable bonds is 9. The molecule has 96 heavy (non-hydrogen) atoms. The van der Waals surface area contributed by atoms with E-state index in [-0.39, 0.29) is 0 Å². The summed E-state index contributed by atoms with van der Waals surface area (Å²) in [6.07, 6.45) is 1.93. The fourth-order valence-electron chi connectivity index (χ4n) is 14.9. The van der Waals surface area contributed by atoms with Crippen LogP contribution in [0.15, 0.2) is 319 Å². The van der Waals surface area contributed by atoms with E-state index >= 15 is 0 Å². The zero-order chi connectivity index (χ0) is 63.1. The average Bonchev–Trinajstić information content (AvgIpc) is 1.56. The van der Waals surface area contributed by atoms with Crippen molar-refractivity contribution < 1.29 is 4.42 Å². The lowest BCUT2D eigenvalue weighted by Gasteiger charge is -2.22. The van der Waals surface area contributed by atoms with Gasteiger partial charge in [-0.05, 0) is 145 Å². The number of nitrogens with one attached hydrogen (secondary N) is 2. The Labute approximate surface area is 548 Å². The molecule has 0 atom stereocenters. The molecule has 448 valence electrons. The van der Waals surface area contributed by atoms with Crippen LogP contribution in [0.1, 0.15) is 16.7 Å². The number of aliphatic imine (C=N–C) groups is 1. The van der Waals surface area contributed by atoms with E-state index in [2.05, 4.69) is 268 Å². The van der Waals surface area contributed by atoms with Gasteiger partial charge in [0.15, 0.2) is 5.82 Å². The second-order valence-electron chi connectivity index (χ2n) is 24.8. The normalized spacial score (nSPS) is 13.0. The van der Waals surface area contributed by atoms with Crippen molar-refractivity contribution in [1.82, 2.24) is 33.6 Å². The van der Waals surface area contributed by atoms with E-state index in [1.165, 1.54) is 32.6 Å². The number of furan rings is 1. The summed E-state index contributed by atoms with van der Waals surface area (Å²) in [7, 11) is 0. The number of nitrogens with zero attached hydrogens (tertiary/aromatic N) is 7. The molecule has 10 nitrogen and oxygen atoms in total. The van der Waals surface area contributed by atoms with Gasteiger partial charge in [-0.15, -0.1) is 0 Å². The maximum Gasteiger partial charge on any atom is 0.161 e. The number of amidine groups is 1. The van der Waals surface area contributed by atoms with E-state index in [0.717, 1.165) is 150 Å². The summed E-state index contributed by atoms with van der Waals surface area (Å²) < 4.78 is 16.2. The Bertz CT molecular complexity index is 6520. The van der Waals surface area contributed by atoms with Gasteiger partial charge >= 0.3 is 0 Å². The predicted octanol–water partition coefficient (Wildman–Crippen LogP) is 21.2. The van der Waals surface area contributed by atoms with Crippen LogP contribution in [-0.4, -0.2) is 39.8 Å². The van der Waals surface area contributed by atoms with Crippen LogP contribution in [-0.2, 0) is 0 Å². The molecule has 0 fully saturated rings. The first-order valence-corrected chi connectivity index (χ1v) is 32.3. The molecule has 0 spiro atoms. The number of aromatic nitrogens is 6. The zero-order valence-corrected chi connectivity index (χ0v) is 51.5. The Balaban J connectivity index is 0.674.